The molecular formula is C15H13ClN4. The highest BCUT2D eigenvalue weighted by atomic mass is 35.5. The first-order chi connectivity index (χ1) is 9.79. The standard InChI is InChI=1S/C15H13ClN4/c16-12-8-6-11(7-9-12)15-19-18-14(10-17)20(15)13-4-2-1-3-5-13/h1-9H,10,17H2. The van der Waals surface area contributed by atoms with Crippen LogP contribution in [-0.2, 0) is 6.54 Å². The number of hydrogen-bond acceptors (Lipinski definition) is 3. The molecule has 4 nitrogen and oxygen atoms in total. The Balaban J connectivity index is 2.17. The molecule has 1 heterocycles. The van der Waals surface area contributed by atoms with Gasteiger partial charge in [-0.3, -0.25) is 4.57 Å². The molecule has 0 aliphatic carbocycles. The highest BCUT2D eigenvalue weighted by molar-refractivity contribution is 6.30. The van der Waals surface area contributed by atoms with E-state index in [1.54, 1.807) is 0 Å². The van der Waals surface area contributed by atoms with E-state index in [0.29, 0.717) is 11.6 Å². The lowest BCUT2D eigenvalue weighted by Gasteiger charge is -2.09. The minimum atomic E-state index is 0.329. The molecule has 2 N–H and O–H groups in total. The van der Waals surface area contributed by atoms with Crippen molar-refractivity contribution < 1.29 is 0 Å². The third-order valence-electron chi connectivity index (χ3n) is 3.03. The number of rotatable bonds is 3. The summed E-state index contributed by atoms with van der Waals surface area (Å²) in [4.78, 5) is 0. The summed E-state index contributed by atoms with van der Waals surface area (Å²) >= 11 is 5.93. The third-order valence-corrected chi connectivity index (χ3v) is 3.28. The van der Waals surface area contributed by atoms with Crippen molar-refractivity contribution in [2.45, 2.75) is 6.54 Å². The zero-order chi connectivity index (χ0) is 13.9. The Bertz CT molecular complexity index is 704. The van der Waals surface area contributed by atoms with E-state index in [1.165, 1.54) is 0 Å². The van der Waals surface area contributed by atoms with E-state index in [0.717, 1.165) is 22.9 Å². The van der Waals surface area contributed by atoms with Crippen molar-refractivity contribution in [3.63, 3.8) is 0 Å². The summed E-state index contributed by atoms with van der Waals surface area (Å²) in [6, 6.07) is 17.4. The lowest BCUT2D eigenvalue weighted by Crippen LogP contribution is -2.07. The van der Waals surface area contributed by atoms with Crippen LogP contribution in [0, 0.1) is 0 Å². The number of hydrogen-bond donors (Lipinski definition) is 1. The predicted octanol–water partition coefficient (Wildman–Crippen LogP) is 3.05. The van der Waals surface area contributed by atoms with Gasteiger partial charge in [-0.1, -0.05) is 29.8 Å². The fourth-order valence-corrected chi connectivity index (χ4v) is 2.21. The molecule has 2 aromatic carbocycles. The Morgan fingerprint density at radius 3 is 2.30 bits per heavy atom. The second-order valence-corrected chi connectivity index (χ2v) is 4.76. The summed E-state index contributed by atoms with van der Waals surface area (Å²) < 4.78 is 1.96. The third kappa shape index (κ3) is 2.31. The molecule has 0 aliphatic heterocycles. The maximum absolute atomic E-state index is 5.93. The highest BCUT2D eigenvalue weighted by Crippen LogP contribution is 2.24. The largest absolute Gasteiger partial charge is 0.324 e. The molecule has 100 valence electrons. The molecule has 20 heavy (non-hydrogen) atoms. The molecule has 5 heteroatoms. The van der Waals surface area contributed by atoms with Gasteiger partial charge in [-0.2, -0.15) is 0 Å². The summed E-state index contributed by atoms with van der Waals surface area (Å²) in [6.07, 6.45) is 0. The van der Waals surface area contributed by atoms with Crippen molar-refractivity contribution in [1.29, 1.82) is 0 Å². The van der Waals surface area contributed by atoms with Crippen molar-refractivity contribution in [1.82, 2.24) is 14.8 Å². The number of benzene rings is 2. The zero-order valence-corrected chi connectivity index (χ0v) is 11.5. The van der Waals surface area contributed by atoms with Gasteiger partial charge in [-0.05, 0) is 36.4 Å². The molecule has 0 saturated heterocycles. The zero-order valence-electron chi connectivity index (χ0n) is 10.7. The Hall–Kier alpha value is -2.17. The lowest BCUT2D eigenvalue weighted by atomic mass is 10.2. The maximum Gasteiger partial charge on any atom is 0.168 e. The Morgan fingerprint density at radius 2 is 1.65 bits per heavy atom. The molecule has 0 spiro atoms. The molecule has 0 radical (unpaired) electrons. The first-order valence-electron chi connectivity index (χ1n) is 6.25. The smallest absolute Gasteiger partial charge is 0.168 e. The quantitative estimate of drug-likeness (QED) is 0.804. The average molecular weight is 285 g/mol. The summed E-state index contributed by atoms with van der Waals surface area (Å²) in [6.45, 7) is 0.329. The van der Waals surface area contributed by atoms with Crippen LogP contribution in [0.5, 0.6) is 0 Å². The van der Waals surface area contributed by atoms with Gasteiger partial charge in [0.1, 0.15) is 0 Å². The average Bonchev–Trinajstić information content (AvgIpc) is 2.93. The van der Waals surface area contributed by atoms with Gasteiger partial charge >= 0.3 is 0 Å². The van der Waals surface area contributed by atoms with E-state index in [1.807, 2.05) is 59.2 Å². The summed E-state index contributed by atoms with van der Waals surface area (Å²) in [5, 5.41) is 9.11. The highest BCUT2D eigenvalue weighted by Gasteiger charge is 2.14. The minimum absolute atomic E-state index is 0.329. The fourth-order valence-electron chi connectivity index (χ4n) is 2.08. The van der Waals surface area contributed by atoms with E-state index in [4.69, 9.17) is 17.3 Å². The van der Waals surface area contributed by atoms with Crippen molar-refractivity contribution in [2.24, 2.45) is 5.73 Å². The van der Waals surface area contributed by atoms with Gasteiger partial charge < -0.3 is 5.73 Å². The van der Waals surface area contributed by atoms with Gasteiger partial charge in [0.2, 0.25) is 0 Å². The van der Waals surface area contributed by atoms with Crippen LogP contribution < -0.4 is 5.73 Å². The minimum Gasteiger partial charge on any atom is -0.324 e. The maximum atomic E-state index is 5.93. The number of para-hydroxylation sites is 1. The van der Waals surface area contributed by atoms with Crippen molar-refractivity contribution >= 4 is 11.6 Å². The van der Waals surface area contributed by atoms with E-state index in [9.17, 15) is 0 Å². The van der Waals surface area contributed by atoms with Gasteiger partial charge in [0.25, 0.3) is 0 Å². The molecule has 3 rings (SSSR count). The predicted molar refractivity (Wildman–Crippen MR) is 79.7 cm³/mol. The van der Waals surface area contributed by atoms with E-state index >= 15 is 0 Å². The lowest BCUT2D eigenvalue weighted by molar-refractivity contribution is 0.861. The molecule has 0 amide bonds. The Morgan fingerprint density at radius 1 is 0.950 bits per heavy atom. The van der Waals surface area contributed by atoms with Crippen LogP contribution in [0.2, 0.25) is 5.02 Å². The van der Waals surface area contributed by atoms with E-state index < -0.39 is 0 Å². The van der Waals surface area contributed by atoms with Crippen molar-refractivity contribution in [3.8, 4) is 17.1 Å². The topological polar surface area (TPSA) is 56.7 Å². The molecule has 0 atom stereocenters. The van der Waals surface area contributed by atoms with Gasteiger partial charge in [-0.25, -0.2) is 0 Å². The second-order valence-electron chi connectivity index (χ2n) is 4.32. The van der Waals surface area contributed by atoms with Crippen LogP contribution in [0.1, 0.15) is 5.82 Å². The van der Waals surface area contributed by atoms with Gasteiger partial charge in [0.15, 0.2) is 11.6 Å². The van der Waals surface area contributed by atoms with Crippen LogP contribution in [0.25, 0.3) is 17.1 Å². The van der Waals surface area contributed by atoms with Crippen LogP contribution in [-0.4, -0.2) is 14.8 Å². The van der Waals surface area contributed by atoms with E-state index in [2.05, 4.69) is 10.2 Å². The Kier molecular flexibility index (Phi) is 3.50. The second kappa shape index (κ2) is 5.45. The fraction of sp³-hybridized carbons (Fsp3) is 0.0667. The number of halogens is 1. The normalized spacial score (nSPS) is 10.7. The van der Waals surface area contributed by atoms with Gasteiger partial charge in [0, 0.05) is 16.3 Å². The number of nitrogens with zero attached hydrogens (tertiary/aromatic N) is 3. The Labute approximate surface area is 121 Å². The number of nitrogens with two attached hydrogens (primary N) is 1. The van der Waals surface area contributed by atoms with Crippen molar-refractivity contribution in [3.05, 3.63) is 65.4 Å². The molecule has 0 aliphatic rings. The first kappa shape index (κ1) is 12.8. The molecule has 1 aromatic heterocycles. The van der Waals surface area contributed by atoms with Gasteiger partial charge in [-0.15, -0.1) is 10.2 Å². The molecule has 0 fully saturated rings. The molecule has 0 bridgehead atoms. The summed E-state index contributed by atoms with van der Waals surface area (Å²) in [5.41, 5.74) is 7.70. The van der Waals surface area contributed by atoms with Crippen molar-refractivity contribution in [2.75, 3.05) is 0 Å². The summed E-state index contributed by atoms with van der Waals surface area (Å²) in [7, 11) is 0. The van der Waals surface area contributed by atoms with E-state index in [-0.39, 0.29) is 0 Å². The molecule has 3 aromatic rings. The van der Waals surface area contributed by atoms with Crippen LogP contribution in [0.4, 0.5) is 0 Å². The monoisotopic (exact) mass is 284 g/mol. The SMILES string of the molecule is NCc1nnc(-c2ccc(Cl)cc2)n1-c1ccccc1. The first-order valence-corrected chi connectivity index (χ1v) is 6.63. The van der Waals surface area contributed by atoms with Gasteiger partial charge in [0.05, 0.1) is 6.54 Å². The molecule has 0 unspecified atom stereocenters. The van der Waals surface area contributed by atoms with Crippen LogP contribution >= 0.6 is 11.6 Å². The summed E-state index contributed by atoms with van der Waals surface area (Å²) in [5.74, 6) is 1.48. The molecular weight excluding hydrogens is 272 g/mol. The van der Waals surface area contributed by atoms with Crippen LogP contribution in [0.3, 0.4) is 0 Å². The number of aromatic nitrogens is 3. The van der Waals surface area contributed by atoms with Crippen LogP contribution in [0.15, 0.2) is 54.6 Å². The molecule has 0 saturated carbocycles.